The maximum Gasteiger partial charge on any atom is 0.142 e. The molecule has 0 amide bonds. The van der Waals surface area contributed by atoms with E-state index in [1.807, 2.05) is 0 Å². The molecule has 2 aromatic rings. The summed E-state index contributed by atoms with van der Waals surface area (Å²) in [5, 5.41) is 0.110. The summed E-state index contributed by atoms with van der Waals surface area (Å²) in [6, 6.07) is 8.14. The van der Waals surface area contributed by atoms with Crippen molar-refractivity contribution in [1.29, 1.82) is 0 Å². The van der Waals surface area contributed by atoms with Gasteiger partial charge in [0.1, 0.15) is 22.8 Å². The molecule has 0 spiro atoms. The topological polar surface area (TPSA) is 22.1 Å². The second-order valence-electron chi connectivity index (χ2n) is 3.35. The molecule has 1 heterocycles. The highest BCUT2D eigenvalue weighted by Crippen LogP contribution is 2.18. The van der Waals surface area contributed by atoms with Crippen molar-refractivity contribution in [3.05, 3.63) is 57.5 Å². The number of benzene rings is 1. The minimum atomic E-state index is -0.443. The van der Waals surface area contributed by atoms with Crippen LogP contribution >= 0.6 is 27.5 Å². The van der Waals surface area contributed by atoms with E-state index in [1.54, 1.807) is 24.4 Å². The van der Waals surface area contributed by atoms with Gasteiger partial charge in [-0.3, -0.25) is 0 Å². The van der Waals surface area contributed by atoms with E-state index >= 15 is 0 Å². The maximum absolute atomic E-state index is 13.2. The normalized spacial score (nSPS) is 10.3. The highest BCUT2D eigenvalue weighted by atomic mass is 79.9. The molecule has 2 nitrogen and oxygen atoms in total. The summed E-state index contributed by atoms with van der Waals surface area (Å²) in [7, 11) is 0. The van der Waals surface area contributed by atoms with Crippen LogP contribution in [0.4, 0.5) is 4.39 Å². The van der Waals surface area contributed by atoms with E-state index in [9.17, 15) is 4.39 Å². The molecule has 1 aromatic carbocycles. The van der Waals surface area contributed by atoms with Crippen LogP contribution in [-0.4, -0.2) is 4.98 Å². The van der Waals surface area contributed by atoms with Crippen LogP contribution in [0.5, 0.6) is 5.75 Å². The van der Waals surface area contributed by atoms with Crippen molar-refractivity contribution >= 4 is 27.5 Å². The number of rotatable bonds is 3. The van der Waals surface area contributed by atoms with Crippen LogP contribution in [0.2, 0.25) is 5.02 Å². The van der Waals surface area contributed by atoms with Gasteiger partial charge in [0.25, 0.3) is 0 Å². The van der Waals surface area contributed by atoms with Crippen molar-refractivity contribution in [2.45, 2.75) is 6.61 Å². The Labute approximate surface area is 112 Å². The molecule has 0 saturated carbocycles. The molecule has 0 N–H and O–H groups in total. The molecule has 5 heteroatoms. The number of nitrogens with zero attached hydrogens (tertiary/aromatic N) is 1. The summed E-state index contributed by atoms with van der Waals surface area (Å²) >= 11 is 8.81. The van der Waals surface area contributed by atoms with Crippen LogP contribution in [0.3, 0.4) is 0 Å². The molecule has 1 aromatic heterocycles. The molecule has 0 saturated heterocycles. The second-order valence-corrected chi connectivity index (χ2v) is 4.57. The highest BCUT2D eigenvalue weighted by Gasteiger charge is 2.02. The average Bonchev–Trinajstić information content (AvgIpc) is 2.33. The van der Waals surface area contributed by atoms with Crippen LogP contribution in [-0.2, 0) is 6.61 Å². The van der Waals surface area contributed by atoms with Crippen molar-refractivity contribution in [3.8, 4) is 5.75 Å². The Kier molecular flexibility index (Phi) is 3.97. The highest BCUT2D eigenvalue weighted by molar-refractivity contribution is 9.10. The van der Waals surface area contributed by atoms with Gasteiger partial charge in [0.05, 0.1) is 11.2 Å². The molecular formula is C12H8BrClFNO. The quantitative estimate of drug-likeness (QED) is 0.791. The molecule has 17 heavy (non-hydrogen) atoms. The summed E-state index contributed by atoms with van der Waals surface area (Å²) in [6.07, 6.45) is 1.59. The fourth-order valence-electron chi connectivity index (χ4n) is 1.24. The fraction of sp³-hybridized carbons (Fsp3) is 0.0833. The third-order valence-corrected chi connectivity index (χ3v) is 2.87. The lowest BCUT2D eigenvalue weighted by molar-refractivity contribution is 0.304. The van der Waals surface area contributed by atoms with Gasteiger partial charge in [-0.25, -0.2) is 9.37 Å². The van der Waals surface area contributed by atoms with Crippen LogP contribution < -0.4 is 4.74 Å². The van der Waals surface area contributed by atoms with Gasteiger partial charge >= 0.3 is 0 Å². The van der Waals surface area contributed by atoms with E-state index in [0.29, 0.717) is 5.75 Å². The molecule has 0 atom stereocenters. The lowest BCUT2D eigenvalue weighted by Gasteiger charge is -2.06. The molecule has 0 unspecified atom stereocenters. The van der Waals surface area contributed by atoms with Crippen molar-refractivity contribution in [3.63, 3.8) is 0 Å². The van der Waals surface area contributed by atoms with Crippen LogP contribution in [0.1, 0.15) is 5.56 Å². The molecule has 0 radical (unpaired) electrons. The minimum Gasteiger partial charge on any atom is -0.487 e. The molecule has 0 bridgehead atoms. The first-order chi connectivity index (χ1) is 8.15. The largest absolute Gasteiger partial charge is 0.487 e. The van der Waals surface area contributed by atoms with Crippen molar-refractivity contribution in [1.82, 2.24) is 4.98 Å². The number of hydrogen-bond acceptors (Lipinski definition) is 2. The lowest BCUT2D eigenvalue weighted by atomic mass is 10.2. The van der Waals surface area contributed by atoms with E-state index in [0.717, 1.165) is 10.2 Å². The Morgan fingerprint density at radius 3 is 2.76 bits per heavy atom. The second kappa shape index (κ2) is 5.47. The van der Waals surface area contributed by atoms with Gasteiger partial charge in [-0.15, -0.1) is 0 Å². The minimum absolute atomic E-state index is 0.110. The summed E-state index contributed by atoms with van der Waals surface area (Å²) in [5.41, 5.74) is 0.717. The molecule has 0 aliphatic heterocycles. The zero-order valence-corrected chi connectivity index (χ0v) is 11.0. The number of halogens is 3. The monoisotopic (exact) mass is 315 g/mol. The molecule has 88 valence electrons. The summed E-state index contributed by atoms with van der Waals surface area (Å²) in [5.74, 6) is 0.185. The Morgan fingerprint density at radius 2 is 2.12 bits per heavy atom. The van der Waals surface area contributed by atoms with Crippen LogP contribution in [0.15, 0.2) is 41.1 Å². The lowest BCUT2D eigenvalue weighted by Crippen LogP contribution is -1.96. The summed E-state index contributed by atoms with van der Waals surface area (Å²) in [4.78, 5) is 4.02. The number of ether oxygens (including phenoxy) is 1. The Hall–Kier alpha value is -1.13. The van der Waals surface area contributed by atoms with Gasteiger partial charge < -0.3 is 4.74 Å². The van der Waals surface area contributed by atoms with Gasteiger partial charge in [0.2, 0.25) is 0 Å². The molecule has 0 aliphatic carbocycles. The van der Waals surface area contributed by atoms with E-state index in [-0.39, 0.29) is 11.6 Å². The zero-order valence-electron chi connectivity index (χ0n) is 8.66. The van der Waals surface area contributed by atoms with Crippen LogP contribution in [0, 0.1) is 5.82 Å². The van der Waals surface area contributed by atoms with E-state index in [1.165, 1.54) is 12.1 Å². The number of pyridine rings is 1. The summed E-state index contributed by atoms with van der Waals surface area (Å²) < 4.78 is 19.3. The third kappa shape index (κ3) is 3.41. The van der Waals surface area contributed by atoms with Crippen molar-refractivity contribution < 1.29 is 9.13 Å². The first kappa shape index (κ1) is 12.3. The first-order valence-corrected chi connectivity index (χ1v) is 6.00. The van der Waals surface area contributed by atoms with Gasteiger partial charge in [-0.1, -0.05) is 17.7 Å². The fourth-order valence-corrected chi connectivity index (χ4v) is 1.60. The molecule has 0 aliphatic rings. The Morgan fingerprint density at radius 1 is 1.29 bits per heavy atom. The summed E-state index contributed by atoms with van der Waals surface area (Å²) in [6.45, 7) is 0.275. The third-order valence-electron chi connectivity index (χ3n) is 2.09. The molecular weight excluding hydrogens is 308 g/mol. The van der Waals surface area contributed by atoms with Crippen molar-refractivity contribution in [2.75, 3.05) is 0 Å². The predicted octanol–water partition coefficient (Wildman–Crippen LogP) is 4.22. The predicted molar refractivity (Wildman–Crippen MR) is 67.7 cm³/mol. The Balaban J connectivity index is 2.02. The zero-order chi connectivity index (χ0) is 12.3. The molecule has 0 fully saturated rings. The van der Waals surface area contributed by atoms with Gasteiger partial charge in [0.15, 0.2) is 0 Å². The smallest absolute Gasteiger partial charge is 0.142 e. The van der Waals surface area contributed by atoms with Crippen LogP contribution in [0.25, 0.3) is 0 Å². The van der Waals surface area contributed by atoms with Gasteiger partial charge in [-0.05, 0) is 45.8 Å². The van der Waals surface area contributed by atoms with Crippen molar-refractivity contribution in [2.24, 2.45) is 0 Å². The Bertz CT molecular complexity index is 518. The van der Waals surface area contributed by atoms with E-state index < -0.39 is 5.82 Å². The number of hydrogen-bond donors (Lipinski definition) is 0. The van der Waals surface area contributed by atoms with Gasteiger partial charge in [0, 0.05) is 0 Å². The maximum atomic E-state index is 13.2. The molecule has 2 rings (SSSR count). The number of aromatic nitrogens is 1. The van der Waals surface area contributed by atoms with E-state index in [2.05, 4.69) is 20.9 Å². The van der Waals surface area contributed by atoms with Gasteiger partial charge in [-0.2, -0.15) is 0 Å². The average molecular weight is 317 g/mol. The SMILES string of the molecule is Fc1cc(COc2ccc(Br)nc2)ccc1Cl. The van der Waals surface area contributed by atoms with E-state index in [4.69, 9.17) is 16.3 Å². The first-order valence-electron chi connectivity index (χ1n) is 4.83. The standard InChI is InChI=1S/C12H8BrClFNO/c13-12-4-2-9(6-16-12)17-7-8-1-3-10(14)11(15)5-8/h1-6H,7H2.